The van der Waals surface area contributed by atoms with Gasteiger partial charge in [0.2, 0.25) is 0 Å². The van der Waals surface area contributed by atoms with E-state index in [4.69, 9.17) is 5.11 Å². The van der Waals surface area contributed by atoms with Crippen LogP contribution in [0.4, 0.5) is 0 Å². The van der Waals surface area contributed by atoms with Crippen molar-refractivity contribution in [2.45, 2.75) is 18.0 Å². The van der Waals surface area contributed by atoms with Crippen molar-refractivity contribution in [2.24, 2.45) is 0 Å². The number of carboxylic acids is 1. The third kappa shape index (κ3) is 4.41. The molecule has 0 radical (unpaired) electrons. The molecule has 1 N–H and O–H groups in total. The second-order valence-corrected chi connectivity index (χ2v) is 11.7. The third-order valence-corrected chi connectivity index (χ3v) is 10.5. The fourth-order valence-electron chi connectivity index (χ4n) is 3.50. The summed E-state index contributed by atoms with van der Waals surface area (Å²) in [4.78, 5) is 11.0. The van der Waals surface area contributed by atoms with Crippen molar-refractivity contribution >= 4 is 33.6 Å². The molecule has 4 heteroatoms. The summed E-state index contributed by atoms with van der Waals surface area (Å²) in [6.45, 7) is 0. The lowest BCUT2D eigenvalue weighted by atomic mass is 9.84. The number of aliphatic carboxylic acids is 1. The van der Waals surface area contributed by atoms with Gasteiger partial charge in [-0.2, -0.15) is 0 Å². The van der Waals surface area contributed by atoms with Crippen LogP contribution in [0.2, 0.25) is 0 Å². The molecule has 0 aliphatic carbocycles. The smallest absolute Gasteiger partial charge is 0.303 e. The zero-order valence-electron chi connectivity index (χ0n) is 15.0. The van der Waals surface area contributed by atoms with Crippen LogP contribution in [0.15, 0.2) is 91.0 Å². The zero-order valence-corrected chi connectivity index (χ0v) is 18.0. The van der Waals surface area contributed by atoms with Crippen LogP contribution in [0.3, 0.4) is 0 Å². The van der Waals surface area contributed by atoms with E-state index in [0.29, 0.717) is 6.42 Å². The van der Waals surface area contributed by atoms with Crippen molar-refractivity contribution in [1.82, 2.24) is 0 Å². The van der Waals surface area contributed by atoms with Crippen LogP contribution in [-0.4, -0.2) is 17.2 Å². The molecule has 27 heavy (non-hydrogen) atoms. The molecule has 0 amide bonds. The highest BCUT2D eigenvalue weighted by molar-refractivity contribution is 14.2. The van der Waals surface area contributed by atoms with Crippen molar-refractivity contribution in [3.8, 4) is 0 Å². The van der Waals surface area contributed by atoms with Crippen molar-refractivity contribution in [1.29, 1.82) is 0 Å². The Bertz CT molecular complexity index is 757. The largest absolute Gasteiger partial charge is 0.481 e. The summed E-state index contributed by atoms with van der Waals surface area (Å²) in [6.07, 6.45) is 1.80. The minimum atomic E-state index is -0.723. The first-order valence-corrected chi connectivity index (χ1v) is 13.3. The molecule has 3 aromatic carbocycles. The normalized spacial score (nSPS) is 12.5. The second kappa shape index (κ2) is 9.48. The van der Waals surface area contributed by atoms with E-state index in [9.17, 15) is 4.79 Å². The third-order valence-electron chi connectivity index (χ3n) is 4.68. The maximum atomic E-state index is 11.0. The molecule has 1 unspecified atom stereocenters. The summed E-state index contributed by atoms with van der Waals surface area (Å²) < 4.78 is 0. The predicted molar refractivity (Wildman–Crippen MR) is 122 cm³/mol. The van der Waals surface area contributed by atoms with E-state index < -0.39 is 11.5 Å². The standard InChI is InChI=1S/C23H22IO2P/c24-27(18-10-17-22(25)26)23(19-11-4-1-5-12-19,20-13-6-2-7-14-20)21-15-8-3-9-16-21/h1-9,11-16H,10,17-18H2,(H,25,26). The monoisotopic (exact) mass is 488 g/mol. The van der Waals surface area contributed by atoms with Crippen molar-refractivity contribution in [3.63, 3.8) is 0 Å². The summed E-state index contributed by atoms with van der Waals surface area (Å²) in [5.41, 5.74) is 3.21. The van der Waals surface area contributed by atoms with Crippen LogP contribution >= 0.6 is 27.6 Å². The summed E-state index contributed by atoms with van der Waals surface area (Å²) in [7, 11) is 0. The minimum Gasteiger partial charge on any atom is -0.481 e. The lowest BCUT2D eigenvalue weighted by Gasteiger charge is -2.40. The molecule has 0 saturated carbocycles. The van der Waals surface area contributed by atoms with Gasteiger partial charge in [-0.15, -0.1) is 0 Å². The molecule has 3 aromatic rings. The molecule has 0 aliphatic rings. The van der Waals surface area contributed by atoms with Gasteiger partial charge in [0.1, 0.15) is 0 Å². The van der Waals surface area contributed by atoms with Gasteiger partial charge in [-0.05, 0) is 34.8 Å². The Morgan fingerprint density at radius 2 is 1.15 bits per heavy atom. The van der Waals surface area contributed by atoms with Gasteiger partial charge < -0.3 is 5.11 Å². The molecule has 1 atom stereocenters. The predicted octanol–water partition coefficient (Wildman–Crippen LogP) is 6.68. The number of rotatable bonds is 8. The first kappa shape index (κ1) is 20.0. The average molecular weight is 488 g/mol. The average Bonchev–Trinajstić information content (AvgIpc) is 2.71. The highest BCUT2D eigenvalue weighted by Crippen LogP contribution is 2.68. The zero-order chi connectivity index (χ0) is 19.1. The van der Waals surface area contributed by atoms with Crippen LogP contribution in [0.5, 0.6) is 0 Å². The quantitative estimate of drug-likeness (QED) is 0.218. The van der Waals surface area contributed by atoms with E-state index >= 15 is 0 Å². The molecule has 0 saturated heterocycles. The van der Waals surface area contributed by atoms with Gasteiger partial charge in [0.15, 0.2) is 0 Å². The van der Waals surface area contributed by atoms with Gasteiger partial charge >= 0.3 is 5.97 Å². The van der Waals surface area contributed by atoms with E-state index in [1.807, 2.05) is 18.2 Å². The van der Waals surface area contributed by atoms with Gasteiger partial charge in [-0.3, -0.25) is 4.79 Å². The highest BCUT2D eigenvalue weighted by atomic mass is 127. The molecule has 0 fully saturated rings. The number of carbonyl (C=O) groups is 1. The molecule has 3 rings (SSSR count). The van der Waals surface area contributed by atoms with Crippen LogP contribution in [0, 0.1) is 0 Å². The Morgan fingerprint density at radius 1 is 0.778 bits per heavy atom. The lowest BCUT2D eigenvalue weighted by Crippen LogP contribution is -2.27. The van der Waals surface area contributed by atoms with Gasteiger partial charge in [0.25, 0.3) is 0 Å². The molecule has 0 spiro atoms. The Hall–Kier alpha value is -1.71. The lowest BCUT2D eigenvalue weighted by molar-refractivity contribution is -0.137. The van der Waals surface area contributed by atoms with Crippen LogP contribution < -0.4 is 0 Å². The van der Waals surface area contributed by atoms with Gasteiger partial charge in [0.05, 0.1) is 5.16 Å². The Kier molecular flexibility index (Phi) is 7.03. The van der Waals surface area contributed by atoms with Gasteiger partial charge in [-0.25, -0.2) is 0 Å². The van der Waals surface area contributed by atoms with Crippen molar-refractivity contribution in [3.05, 3.63) is 108 Å². The van der Waals surface area contributed by atoms with Crippen molar-refractivity contribution < 1.29 is 9.90 Å². The molecule has 2 nitrogen and oxygen atoms in total. The Labute approximate surface area is 174 Å². The number of carboxylic acid groups (broad SMARTS) is 1. The first-order chi connectivity index (χ1) is 13.2. The maximum absolute atomic E-state index is 11.0. The molecular formula is C23H22IO2P. The number of hydrogen-bond acceptors (Lipinski definition) is 1. The number of benzene rings is 3. The number of halogens is 1. The molecule has 0 heterocycles. The summed E-state index contributed by atoms with van der Waals surface area (Å²) in [5, 5.41) is 8.82. The summed E-state index contributed by atoms with van der Waals surface area (Å²) in [5.74, 6) is -0.723. The molecular weight excluding hydrogens is 466 g/mol. The van der Waals surface area contributed by atoms with Crippen LogP contribution in [0.1, 0.15) is 29.5 Å². The van der Waals surface area contributed by atoms with Gasteiger partial charge in [0, 0.05) is 6.42 Å². The minimum absolute atomic E-state index is 0.219. The van der Waals surface area contributed by atoms with E-state index in [0.717, 1.165) is 6.16 Å². The number of hydrogen-bond donors (Lipinski definition) is 1. The Morgan fingerprint density at radius 3 is 1.48 bits per heavy atom. The van der Waals surface area contributed by atoms with Gasteiger partial charge in [-0.1, -0.05) is 113 Å². The topological polar surface area (TPSA) is 37.3 Å². The maximum Gasteiger partial charge on any atom is 0.303 e. The van der Waals surface area contributed by atoms with Crippen LogP contribution in [0.25, 0.3) is 0 Å². The summed E-state index contributed by atoms with van der Waals surface area (Å²) >= 11 is 2.59. The van der Waals surface area contributed by atoms with Crippen molar-refractivity contribution in [2.75, 3.05) is 6.16 Å². The molecule has 0 bridgehead atoms. The SMILES string of the molecule is O=C(O)CCCP(I)C(c1ccccc1)(c1ccccc1)c1ccccc1. The molecule has 138 valence electrons. The molecule has 0 aromatic heterocycles. The fourth-order valence-corrected chi connectivity index (χ4v) is 9.08. The highest BCUT2D eigenvalue weighted by Gasteiger charge is 2.42. The molecule has 0 aliphatic heterocycles. The second-order valence-electron chi connectivity index (χ2n) is 6.39. The first-order valence-electron chi connectivity index (χ1n) is 8.97. The van der Waals surface area contributed by atoms with E-state index in [-0.39, 0.29) is 11.6 Å². The van der Waals surface area contributed by atoms with Crippen LogP contribution in [-0.2, 0) is 9.95 Å². The van der Waals surface area contributed by atoms with E-state index in [2.05, 4.69) is 94.8 Å². The summed E-state index contributed by atoms with van der Waals surface area (Å²) in [6, 6.07) is 31.9. The van der Waals surface area contributed by atoms with E-state index in [1.54, 1.807) is 0 Å². The fraction of sp³-hybridized carbons (Fsp3) is 0.174. The Balaban J connectivity index is 2.18. The van der Waals surface area contributed by atoms with E-state index in [1.165, 1.54) is 16.7 Å².